The van der Waals surface area contributed by atoms with Gasteiger partial charge in [-0.2, -0.15) is 0 Å². The molecule has 2 aliphatic rings. The second kappa shape index (κ2) is 7.31. The molecule has 4 heteroatoms. The van der Waals surface area contributed by atoms with Crippen molar-refractivity contribution in [2.45, 2.75) is 31.7 Å². The molecular weight excluding hydrogens is 214 g/mol. The monoisotopic (exact) mass is 241 g/mol. The second-order valence-electron chi connectivity index (χ2n) is 5.23. The summed E-state index contributed by atoms with van der Waals surface area (Å²) in [4.78, 5) is 5.13. The van der Waals surface area contributed by atoms with Gasteiger partial charge in [0.2, 0.25) is 0 Å². The summed E-state index contributed by atoms with van der Waals surface area (Å²) in [5.74, 6) is 0. The van der Waals surface area contributed by atoms with E-state index >= 15 is 0 Å². The SMILES string of the molecule is NCC1CCCCCN1CCN1CCOCC1. The summed E-state index contributed by atoms with van der Waals surface area (Å²) < 4.78 is 5.38. The molecule has 1 unspecified atom stereocenters. The van der Waals surface area contributed by atoms with Crippen LogP contribution in [-0.2, 0) is 4.74 Å². The number of morpholine rings is 1. The third-order valence-corrected chi connectivity index (χ3v) is 4.08. The van der Waals surface area contributed by atoms with Crippen molar-refractivity contribution in [3.63, 3.8) is 0 Å². The Labute approximate surface area is 105 Å². The lowest BCUT2D eigenvalue weighted by atomic mass is 10.1. The zero-order valence-corrected chi connectivity index (χ0v) is 10.9. The molecule has 17 heavy (non-hydrogen) atoms. The van der Waals surface area contributed by atoms with Gasteiger partial charge >= 0.3 is 0 Å². The molecule has 1 atom stereocenters. The van der Waals surface area contributed by atoms with Gasteiger partial charge in [0.15, 0.2) is 0 Å². The molecule has 2 saturated heterocycles. The topological polar surface area (TPSA) is 41.7 Å². The summed E-state index contributed by atoms with van der Waals surface area (Å²) in [6, 6.07) is 0.624. The fourth-order valence-corrected chi connectivity index (χ4v) is 2.89. The number of rotatable bonds is 4. The van der Waals surface area contributed by atoms with E-state index < -0.39 is 0 Å². The standard InChI is InChI=1S/C13H27N3O/c14-12-13-4-2-1-3-5-16(13)7-6-15-8-10-17-11-9-15/h13H,1-12,14H2. The summed E-state index contributed by atoms with van der Waals surface area (Å²) in [7, 11) is 0. The second-order valence-corrected chi connectivity index (χ2v) is 5.23. The average molecular weight is 241 g/mol. The van der Waals surface area contributed by atoms with E-state index in [1.54, 1.807) is 0 Å². The van der Waals surface area contributed by atoms with Crippen LogP contribution in [0.1, 0.15) is 25.7 Å². The Bertz CT molecular complexity index is 207. The molecule has 2 N–H and O–H groups in total. The molecule has 0 aromatic heterocycles. The lowest BCUT2D eigenvalue weighted by Crippen LogP contribution is -2.46. The van der Waals surface area contributed by atoms with E-state index in [0.29, 0.717) is 6.04 Å². The first-order valence-corrected chi connectivity index (χ1v) is 7.14. The molecule has 2 heterocycles. The van der Waals surface area contributed by atoms with Gasteiger partial charge in [-0.15, -0.1) is 0 Å². The molecule has 0 amide bonds. The van der Waals surface area contributed by atoms with E-state index in [2.05, 4.69) is 9.80 Å². The summed E-state index contributed by atoms with van der Waals surface area (Å²) >= 11 is 0. The van der Waals surface area contributed by atoms with Crippen LogP contribution in [0.4, 0.5) is 0 Å². The van der Waals surface area contributed by atoms with E-state index in [4.69, 9.17) is 10.5 Å². The average Bonchev–Trinajstić information content (AvgIpc) is 2.62. The van der Waals surface area contributed by atoms with Crippen LogP contribution in [0.15, 0.2) is 0 Å². The Hall–Kier alpha value is -0.160. The van der Waals surface area contributed by atoms with Crippen molar-refractivity contribution < 1.29 is 4.74 Å². The van der Waals surface area contributed by atoms with E-state index in [9.17, 15) is 0 Å². The van der Waals surface area contributed by atoms with Gasteiger partial charge in [-0.05, 0) is 19.4 Å². The van der Waals surface area contributed by atoms with E-state index in [-0.39, 0.29) is 0 Å². The normalized spacial score (nSPS) is 29.1. The van der Waals surface area contributed by atoms with Gasteiger partial charge in [0.1, 0.15) is 0 Å². The number of ether oxygens (including phenoxy) is 1. The minimum absolute atomic E-state index is 0.624. The van der Waals surface area contributed by atoms with Gasteiger partial charge < -0.3 is 10.5 Å². The molecule has 0 aromatic rings. The molecule has 0 aromatic carbocycles. The van der Waals surface area contributed by atoms with Crippen LogP contribution in [0.2, 0.25) is 0 Å². The highest BCUT2D eigenvalue weighted by Crippen LogP contribution is 2.15. The maximum atomic E-state index is 5.90. The van der Waals surface area contributed by atoms with Crippen molar-refractivity contribution in [3.05, 3.63) is 0 Å². The zero-order valence-electron chi connectivity index (χ0n) is 10.9. The molecule has 2 rings (SSSR count). The van der Waals surface area contributed by atoms with Gasteiger partial charge in [0, 0.05) is 38.8 Å². The Kier molecular flexibility index (Phi) is 5.71. The van der Waals surface area contributed by atoms with Gasteiger partial charge in [0.25, 0.3) is 0 Å². The summed E-state index contributed by atoms with van der Waals surface area (Å²) in [5.41, 5.74) is 5.90. The zero-order chi connectivity index (χ0) is 11.9. The van der Waals surface area contributed by atoms with Crippen LogP contribution >= 0.6 is 0 Å². The third-order valence-electron chi connectivity index (χ3n) is 4.08. The van der Waals surface area contributed by atoms with Crippen molar-refractivity contribution >= 4 is 0 Å². The number of nitrogens with two attached hydrogens (primary N) is 1. The summed E-state index contributed by atoms with van der Waals surface area (Å²) in [5, 5.41) is 0. The van der Waals surface area contributed by atoms with Crippen LogP contribution in [0.25, 0.3) is 0 Å². The van der Waals surface area contributed by atoms with Crippen molar-refractivity contribution in [1.29, 1.82) is 0 Å². The molecule has 0 saturated carbocycles. The predicted octanol–water partition coefficient (Wildman–Crippen LogP) is 0.522. The Morgan fingerprint density at radius 2 is 1.82 bits per heavy atom. The third kappa shape index (κ3) is 4.21. The molecule has 100 valence electrons. The fraction of sp³-hybridized carbons (Fsp3) is 1.00. The molecule has 0 bridgehead atoms. The molecule has 2 aliphatic heterocycles. The number of hydrogen-bond acceptors (Lipinski definition) is 4. The van der Waals surface area contributed by atoms with Gasteiger partial charge in [-0.3, -0.25) is 9.80 Å². The highest BCUT2D eigenvalue weighted by molar-refractivity contribution is 4.77. The first-order valence-electron chi connectivity index (χ1n) is 7.14. The molecule has 0 radical (unpaired) electrons. The summed E-state index contributed by atoms with van der Waals surface area (Å²) in [6.45, 7) is 8.43. The minimum Gasteiger partial charge on any atom is -0.379 e. The number of nitrogens with zero attached hydrogens (tertiary/aromatic N) is 2. The minimum atomic E-state index is 0.624. The Balaban J connectivity index is 1.74. The molecule has 4 nitrogen and oxygen atoms in total. The lowest BCUT2D eigenvalue weighted by molar-refractivity contribution is 0.0311. The van der Waals surface area contributed by atoms with Crippen LogP contribution in [0.3, 0.4) is 0 Å². The highest BCUT2D eigenvalue weighted by atomic mass is 16.5. The molecule has 0 spiro atoms. The number of likely N-dealkylation sites (tertiary alicyclic amines) is 1. The van der Waals surface area contributed by atoms with E-state index in [0.717, 1.165) is 32.8 Å². The van der Waals surface area contributed by atoms with Gasteiger partial charge in [0.05, 0.1) is 13.2 Å². The Morgan fingerprint density at radius 3 is 2.59 bits per heavy atom. The highest BCUT2D eigenvalue weighted by Gasteiger charge is 2.20. The quantitative estimate of drug-likeness (QED) is 0.779. The van der Waals surface area contributed by atoms with Crippen molar-refractivity contribution in [2.75, 3.05) is 52.5 Å². The maximum absolute atomic E-state index is 5.90. The van der Waals surface area contributed by atoms with Gasteiger partial charge in [-0.25, -0.2) is 0 Å². The first kappa shape index (κ1) is 13.3. The first-order chi connectivity index (χ1) is 8.40. The fourth-order valence-electron chi connectivity index (χ4n) is 2.89. The smallest absolute Gasteiger partial charge is 0.0594 e. The molecular formula is C13H27N3O. The van der Waals surface area contributed by atoms with Crippen LogP contribution < -0.4 is 5.73 Å². The summed E-state index contributed by atoms with van der Waals surface area (Å²) in [6.07, 6.45) is 5.37. The van der Waals surface area contributed by atoms with Crippen molar-refractivity contribution in [1.82, 2.24) is 9.80 Å². The number of hydrogen-bond donors (Lipinski definition) is 1. The van der Waals surface area contributed by atoms with E-state index in [1.807, 2.05) is 0 Å². The molecule has 2 fully saturated rings. The van der Waals surface area contributed by atoms with Crippen molar-refractivity contribution in [2.24, 2.45) is 5.73 Å². The maximum Gasteiger partial charge on any atom is 0.0594 e. The molecule has 0 aliphatic carbocycles. The largest absolute Gasteiger partial charge is 0.379 e. The van der Waals surface area contributed by atoms with Crippen LogP contribution in [-0.4, -0.2) is 68.3 Å². The lowest BCUT2D eigenvalue weighted by Gasteiger charge is -2.33. The predicted molar refractivity (Wildman–Crippen MR) is 70.1 cm³/mol. The van der Waals surface area contributed by atoms with E-state index in [1.165, 1.54) is 45.3 Å². The van der Waals surface area contributed by atoms with Crippen molar-refractivity contribution in [3.8, 4) is 0 Å². The van der Waals surface area contributed by atoms with Crippen LogP contribution in [0, 0.1) is 0 Å². The van der Waals surface area contributed by atoms with Crippen LogP contribution in [0.5, 0.6) is 0 Å². The Morgan fingerprint density at radius 1 is 1.00 bits per heavy atom. The van der Waals surface area contributed by atoms with Gasteiger partial charge in [-0.1, -0.05) is 12.8 Å².